The highest BCUT2D eigenvalue weighted by molar-refractivity contribution is 5.86. The summed E-state index contributed by atoms with van der Waals surface area (Å²) >= 11 is 0. The Kier molecular flexibility index (Phi) is 2.21. The summed E-state index contributed by atoms with van der Waals surface area (Å²) in [6.45, 7) is 1.96. The lowest BCUT2D eigenvalue weighted by Crippen LogP contribution is -2.20. The summed E-state index contributed by atoms with van der Waals surface area (Å²) in [5.41, 5.74) is 0.659. The van der Waals surface area contributed by atoms with E-state index in [1.807, 2.05) is 6.07 Å². The highest BCUT2D eigenvalue weighted by Gasteiger charge is 2.16. The second-order valence-corrected chi connectivity index (χ2v) is 4.10. The van der Waals surface area contributed by atoms with Crippen LogP contribution in [-0.4, -0.2) is 38.8 Å². The van der Waals surface area contributed by atoms with E-state index >= 15 is 0 Å². The minimum atomic E-state index is -1.01. The number of aromatic nitrogens is 3. The van der Waals surface area contributed by atoms with Crippen LogP contribution in [-0.2, 0) is 0 Å². The standard InChI is InChI=1S/C11H12N4O2/c16-11(17)8-7-12-9-3-4-10(13-15(8)9)14-5-1-2-6-14/h3-4,7H,1-2,5-6H2,(H,16,17). The molecule has 0 bridgehead atoms. The second kappa shape index (κ2) is 3.73. The molecule has 0 saturated carbocycles. The number of imidazole rings is 1. The Morgan fingerprint density at radius 3 is 2.76 bits per heavy atom. The molecule has 2 aromatic heterocycles. The van der Waals surface area contributed by atoms with Gasteiger partial charge in [-0.1, -0.05) is 0 Å². The van der Waals surface area contributed by atoms with Crippen LogP contribution >= 0.6 is 0 Å². The fraction of sp³-hybridized carbons (Fsp3) is 0.364. The summed E-state index contributed by atoms with van der Waals surface area (Å²) < 4.78 is 1.38. The molecule has 1 fully saturated rings. The number of hydrogen-bond donors (Lipinski definition) is 1. The first-order valence-electron chi connectivity index (χ1n) is 5.59. The normalized spacial score (nSPS) is 15.6. The van der Waals surface area contributed by atoms with Gasteiger partial charge in [-0.3, -0.25) is 0 Å². The number of anilines is 1. The van der Waals surface area contributed by atoms with Crippen LogP contribution in [0.4, 0.5) is 5.82 Å². The monoisotopic (exact) mass is 232 g/mol. The fourth-order valence-corrected chi connectivity index (χ4v) is 2.12. The van der Waals surface area contributed by atoms with Crippen LogP contribution in [0.1, 0.15) is 23.3 Å². The lowest BCUT2D eigenvalue weighted by molar-refractivity contribution is 0.0688. The molecule has 0 radical (unpaired) electrons. The number of nitrogens with zero attached hydrogens (tertiary/aromatic N) is 4. The van der Waals surface area contributed by atoms with Crippen LogP contribution in [0.25, 0.3) is 5.65 Å². The Hall–Kier alpha value is -2.11. The molecule has 3 heterocycles. The van der Waals surface area contributed by atoms with Gasteiger partial charge in [0.05, 0.1) is 6.20 Å². The highest BCUT2D eigenvalue weighted by atomic mass is 16.4. The van der Waals surface area contributed by atoms with E-state index in [2.05, 4.69) is 15.0 Å². The van der Waals surface area contributed by atoms with Crippen molar-refractivity contribution >= 4 is 17.4 Å². The third-order valence-electron chi connectivity index (χ3n) is 3.00. The van der Waals surface area contributed by atoms with Gasteiger partial charge in [0.1, 0.15) is 5.82 Å². The molecule has 3 rings (SSSR count). The van der Waals surface area contributed by atoms with Gasteiger partial charge in [-0.15, -0.1) is 5.10 Å². The molecule has 0 spiro atoms. The van der Waals surface area contributed by atoms with Gasteiger partial charge in [0.25, 0.3) is 0 Å². The summed E-state index contributed by atoms with van der Waals surface area (Å²) in [6.07, 6.45) is 3.66. The van der Waals surface area contributed by atoms with E-state index in [4.69, 9.17) is 5.11 Å². The van der Waals surface area contributed by atoms with Gasteiger partial charge in [0, 0.05) is 13.1 Å². The van der Waals surface area contributed by atoms with Crippen molar-refractivity contribution in [1.29, 1.82) is 0 Å². The zero-order chi connectivity index (χ0) is 11.8. The first kappa shape index (κ1) is 10.1. The molecule has 1 saturated heterocycles. The predicted octanol–water partition coefficient (Wildman–Crippen LogP) is 1.03. The van der Waals surface area contributed by atoms with Crippen LogP contribution in [0.2, 0.25) is 0 Å². The molecule has 6 nitrogen and oxygen atoms in total. The van der Waals surface area contributed by atoms with E-state index in [-0.39, 0.29) is 5.69 Å². The lowest BCUT2D eigenvalue weighted by Gasteiger charge is -2.15. The molecular weight excluding hydrogens is 220 g/mol. The molecule has 88 valence electrons. The van der Waals surface area contributed by atoms with Crippen LogP contribution in [0.15, 0.2) is 18.3 Å². The Morgan fingerprint density at radius 2 is 2.06 bits per heavy atom. The molecule has 0 aliphatic carbocycles. The van der Waals surface area contributed by atoms with Crippen LogP contribution in [0, 0.1) is 0 Å². The van der Waals surface area contributed by atoms with Crippen molar-refractivity contribution in [2.45, 2.75) is 12.8 Å². The van der Waals surface area contributed by atoms with Gasteiger partial charge in [-0.2, -0.15) is 0 Å². The van der Waals surface area contributed by atoms with E-state index in [0.29, 0.717) is 5.65 Å². The zero-order valence-corrected chi connectivity index (χ0v) is 9.20. The summed E-state index contributed by atoms with van der Waals surface area (Å²) in [4.78, 5) is 17.2. The molecule has 1 aliphatic heterocycles. The van der Waals surface area contributed by atoms with Crippen molar-refractivity contribution in [3.05, 3.63) is 24.0 Å². The SMILES string of the molecule is O=C(O)c1cnc2ccc(N3CCCC3)nn12. The van der Waals surface area contributed by atoms with Gasteiger partial charge in [0.2, 0.25) is 0 Å². The molecule has 0 amide bonds. The van der Waals surface area contributed by atoms with Crippen LogP contribution < -0.4 is 4.90 Å². The van der Waals surface area contributed by atoms with Crippen molar-refractivity contribution < 1.29 is 9.90 Å². The number of rotatable bonds is 2. The minimum Gasteiger partial charge on any atom is -0.476 e. The fourth-order valence-electron chi connectivity index (χ4n) is 2.12. The predicted molar refractivity (Wildman–Crippen MR) is 61.4 cm³/mol. The molecule has 17 heavy (non-hydrogen) atoms. The summed E-state index contributed by atoms with van der Waals surface area (Å²) in [6, 6.07) is 3.69. The smallest absolute Gasteiger partial charge is 0.356 e. The first-order chi connectivity index (χ1) is 8.25. The summed E-state index contributed by atoms with van der Waals surface area (Å²) in [7, 11) is 0. The van der Waals surface area contributed by atoms with Crippen molar-refractivity contribution in [3.8, 4) is 0 Å². The van der Waals surface area contributed by atoms with E-state index in [1.165, 1.54) is 10.7 Å². The molecule has 1 aliphatic rings. The molecule has 1 N–H and O–H groups in total. The molecule has 0 aromatic carbocycles. The maximum Gasteiger partial charge on any atom is 0.356 e. The van der Waals surface area contributed by atoms with Crippen LogP contribution in [0.3, 0.4) is 0 Å². The van der Waals surface area contributed by atoms with Gasteiger partial charge in [-0.25, -0.2) is 14.3 Å². The minimum absolute atomic E-state index is 0.0982. The first-order valence-corrected chi connectivity index (χ1v) is 5.59. The van der Waals surface area contributed by atoms with Gasteiger partial charge >= 0.3 is 5.97 Å². The maximum atomic E-state index is 11.0. The number of aromatic carboxylic acids is 1. The lowest BCUT2D eigenvalue weighted by atomic mass is 10.4. The van der Waals surface area contributed by atoms with E-state index < -0.39 is 5.97 Å². The number of carboxylic acids is 1. The second-order valence-electron chi connectivity index (χ2n) is 4.10. The van der Waals surface area contributed by atoms with E-state index in [0.717, 1.165) is 31.7 Å². The molecule has 2 aromatic rings. The Balaban J connectivity index is 2.09. The van der Waals surface area contributed by atoms with Crippen LogP contribution in [0.5, 0.6) is 0 Å². The third kappa shape index (κ3) is 1.61. The number of hydrogen-bond acceptors (Lipinski definition) is 4. The van der Waals surface area contributed by atoms with Gasteiger partial charge in [0.15, 0.2) is 11.3 Å². The topological polar surface area (TPSA) is 70.7 Å². The summed E-state index contributed by atoms with van der Waals surface area (Å²) in [5, 5.41) is 13.4. The van der Waals surface area contributed by atoms with Gasteiger partial charge in [-0.05, 0) is 25.0 Å². The summed E-state index contributed by atoms with van der Waals surface area (Å²) in [5.74, 6) is -0.195. The van der Waals surface area contributed by atoms with Gasteiger partial charge < -0.3 is 10.0 Å². The number of carboxylic acid groups (broad SMARTS) is 1. The average Bonchev–Trinajstić information content (AvgIpc) is 2.97. The maximum absolute atomic E-state index is 11.0. The number of carbonyl (C=O) groups is 1. The molecular formula is C11H12N4O2. The van der Waals surface area contributed by atoms with Crippen molar-refractivity contribution in [2.75, 3.05) is 18.0 Å². The average molecular weight is 232 g/mol. The Labute approximate surface area is 97.5 Å². The zero-order valence-electron chi connectivity index (χ0n) is 9.20. The van der Waals surface area contributed by atoms with E-state index in [9.17, 15) is 4.79 Å². The number of fused-ring (bicyclic) bond motifs is 1. The third-order valence-corrected chi connectivity index (χ3v) is 3.00. The molecule has 0 unspecified atom stereocenters. The van der Waals surface area contributed by atoms with Crippen molar-refractivity contribution in [3.63, 3.8) is 0 Å². The van der Waals surface area contributed by atoms with Crippen molar-refractivity contribution in [2.24, 2.45) is 0 Å². The Bertz CT molecular complexity index is 572. The van der Waals surface area contributed by atoms with Crippen molar-refractivity contribution in [1.82, 2.24) is 14.6 Å². The highest BCUT2D eigenvalue weighted by Crippen LogP contribution is 2.18. The largest absolute Gasteiger partial charge is 0.476 e. The quantitative estimate of drug-likeness (QED) is 0.837. The molecule has 0 atom stereocenters. The van der Waals surface area contributed by atoms with E-state index in [1.54, 1.807) is 6.07 Å². The molecule has 6 heteroatoms. The Morgan fingerprint density at radius 1 is 1.29 bits per heavy atom.